The molecule has 0 atom stereocenters. The number of hydrogen-bond acceptors (Lipinski definition) is 3. The van der Waals surface area contributed by atoms with Crippen LogP contribution < -0.4 is 5.32 Å². The zero-order chi connectivity index (χ0) is 20.2. The van der Waals surface area contributed by atoms with Crippen molar-refractivity contribution in [3.8, 4) is 16.9 Å². The normalized spacial score (nSPS) is 10.8. The van der Waals surface area contributed by atoms with Crippen molar-refractivity contribution < 1.29 is 4.79 Å². The Morgan fingerprint density at radius 2 is 1.66 bits per heavy atom. The second-order valence-corrected chi connectivity index (χ2v) is 7.01. The van der Waals surface area contributed by atoms with Gasteiger partial charge in [-0.05, 0) is 32.0 Å². The number of rotatable bonds is 6. The van der Waals surface area contributed by atoms with Crippen molar-refractivity contribution in [2.75, 3.05) is 0 Å². The molecule has 0 aliphatic heterocycles. The van der Waals surface area contributed by atoms with Gasteiger partial charge in [-0.25, -0.2) is 4.68 Å². The quantitative estimate of drug-likeness (QED) is 0.551. The predicted octanol–water partition coefficient (Wildman–Crippen LogP) is 3.67. The highest BCUT2D eigenvalue weighted by Crippen LogP contribution is 2.23. The molecule has 0 aliphatic rings. The predicted molar refractivity (Wildman–Crippen MR) is 113 cm³/mol. The summed E-state index contributed by atoms with van der Waals surface area (Å²) in [5, 5.41) is 12.1. The number of aryl methyl sites for hydroxylation is 2. The lowest BCUT2D eigenvalue weighted by atomic mass is 10.1. The van der Waals surface area contributed by atoms with Gasteiger partial charge < -0.3 is 5.32 Å². The molecule has 4 aromatic rings. The van der Waals surface area contributed by atoms with E-state index in [2.05, 4.69) is 10.4 Å². The van der Waals surface area contributed by atoms with Crippen LogP contribution in [0.2, 0.25) is 0 Å². The molecule has 0 aliphatic carbocycles. The van der Waals surface area contributed by atoms with Gasteiger partial charge in [0.05, 0.1) is 17.1 Å². The average molecular weight is 385 g/mol. The first-order valence-electron chi connectivity index (χ1n) is 9.57. The van der Waals surface area contributed by atoms with Crippen LogP contribution in [0.3, 0.4) is 0 Å². The summed E-state index contributed by atoms with van der Waals surface area (Å²) in [5.74, 6) is -0.0809. The molecule has 0 radical (unpaired) electrons. The van der Waals surface area contributed by atoms with Crippen LogP contribution in [0.25, 0.3) is 16.9 Å². The molecular formula is C23H23N5O. The highest BCUT2D eigenvalue weighted by molar-refractivity contribution is 5.76. The molecule has 0 unspecified atom stereocenters. The van der Waals surface area contributed by atoms with Gasteiger partial charge in [-0.15, -0.1) is 0 Å². The smallest absolute Gasteiger partial charge is 0.242 e. The molecule has 0 spiro atoms. The summed E-state index contributed by atoms with van der Waals surface area (Å²) >= 11 is 0. The van der Waals surface area contributed by atoms with E-state index in [-0.39, 0.29) is 12.5 Å². The first kappa shape index (κ1) is 18.7. The molecular weight excluding hydrogens is 362 g/mol. The molecule has 6 heteroatoms. The maximum absolute atomic E-state index is 12.5. The van der Waals surface area contributed by atoms with E-state index in [1.54, 1.807) is 4.68 Å². The second-order valence-electron chi connectivity index (χ2n) is 7.01. The summed E-state index contributed by atoms with van der Waals surface area (Å²) in [6.07, 6.45) is 1.97. The number of nitrogens with zero attached hydrogens (tertiary/aromatic N) is 4. The number of aromatic nitrogens is 4. The van der Waals surface area contributed by atoms with Crippen LogP contribution in [0.1, 0.15) is 17.0 Å². The SMILES string of the molecule is Cc1cc(C)n(CC(=O)NCc2cn(-c3ccccc3)nc2-c2ccccc2)n1. The van der Waals surface area contributed by atoms with Gasteiger partial charge in [-0.3, -0.25) is 9.48 Å². The summed E-state index contributed by atoms with van der Waals surface area (Å²) in [6, 6.07) is 21.9. The number of hydrogen-bond donors (Lipinski definition) is 1. The van der Waals surface area contributed by atoms with Crippen molar-refractivity contribution in [2.24, 2.45) is 0 Å². The molecule has 1 N–H and O–H groups in total. The Balaban J connectivity index is 1.56. The second kappa shape index (κ2) is 8.14. The summed E-state index contributed by atoms with van der Waals surface area (Å²) in [7, 11) is 0. The lowest BCUT2D eigenvalue weighted by Gasteiger charge is -2.07. The van der Waals surface area contributed by atoms with Gasteiger partial charge in [-0.1, -0.05) is 48.5 Å². The van der Waals surface area contributed by atoms with E-state index in [9.17, 15) is 4.79 Å². The molecule has 0 saturated heterocycles. The van der Waals surface area contributed by atoms with Crippen molar-refractivity contribution in [3.63, 3.8) is 0 Å². The molecule has 2 aromatic heterocycles. The van der Waals surface area contributed by atoms with Crippen LogP contribution in [-0.4, -0.2) is 25.5 Å². The third kappa shape index (κ3) is 4.27. The van der Waals surface area contributed by atoms with Gasteiger partial charge >= 0.3 is 0 Å². The summed E-state index contributed by atoms with van der Waals surface area (Å²) in [5.41, 5.74) is 5.70. The molecule has 0 fully saturated rings. The van der Waals surface area contributed by atoms with Gasteiger partial charge in [-0.2, -0.15) is 10.2 Å². The number of benzene rings is 2. The van der Waals surface area contributed by atoms with E-state index in [1.807, 2.05) is 91.5 Å². The molecule has 0 bridgehead atoms. The van der Waals surface area contributed by atoms with Gasteiger partial charge in [0.15, 0.2) is 0 Å². The number of amides is 1. The molecule has 1 amide bonds. The number of nitrogens with one attached hydrogen (secondary N) is 1. The number of para-hydroxylation sites is 1. The van der Waals surface area contributed by atoms with E-state index in [0.29, 0.717) is 6.54 Å². The Morgan fingerprint density at radius 1 is 0.966 bits per heavy atom. The van der Waals surface area contributed by atoms with Crippen molar-refractivity contribution in [1.82, 2.24) is 24.9 Å². The topological polar surface area (TPSA) is 64.7 Å². The number of carbonyl (C=O) groups is 1. The van der Waals surface area contributed by atoms with E-state index in [4.69, 9.17) is 5.10 Å². The summed E-state index contributed by atoms with van der Waals surface area (Å²) in [6.45, 7) is 4.47. The Kier molecular flexibility index (Phi) is 5.24. The fourth-order valence-corrected chi connectivity index (χ4v) is 3.31. The lowest BCUT2D eigenvalue weighted by molar-refractivity contribution is -0.122. The monoisotopic (exact) mass is 385 g/mol. The van der Waals surface area contributed by atoms with Crippen LogP contribution in [0, 0.1) is 13.8 Å². The Labute approximate surface area is 169 Å². The molecule has 6 nitrogen and oxygen atoms in total. The van der Waals surface area contributed by atoms with Gasteiger partial charge in [0.25, 0.3) is 0 Å². The van der Waals surface area contributed by atoms with E-state index in [1.165, 1.54) is 0 Å². The van der Waals surface area contributed by atoms with Crippen molar-refractivity contribution in [1.29, 1.82) is 0 Å². The highest BCUT2D eigenvalue weighted by atomic mass is 16.2. The van der Waals surface area contributed by atoms with Crippen molar-refractivity contribution in [3.05, 3.63) is 89.9 Å². The van der Waals surface area contributed by atoms with Crippen LogP contribution in [-0.2, 0) is 17.9 Å². The standard InChI is InChI=1S/C23H23N5O/c1-17-13-18(2)27(25-17)16-22(29)24-14-20-15-28(21-11-7-4-8-12-21)26-23(20)19-9-5-3-6-10-19/h3-13,15H,14,16H2,1-2H3,(H,24,29). The van der Waals surface area contributed by atoms with Crippen LogP contribution in [0.15, 0.2) is 72.9 Å². The van der Waals surface area contributed by atoms with Crippen LogP contribution in [0.5, 0.6) is 0 Å². The average Bonchev–Trinajstić information content (AvgIpc) is 3.30. The largest absolute Gasteiger partial charge is 0.350 e. The zero-order valence-electron chi connectivity index (χ0n) is 16.5. The summed E-state index contributed by atoms with van der Waals surface area (Å²) in [4.78, 5) is 12.5. The Morgan fingerprint density at radius 3 is 2.31 bits per heavy atom. The fraction of sp³-hybridized carbons (Fsp3) is 0.174. The Bertz CT molecular complexity index is 1110. The zero-order valence-corrected chi connectivity index (χ0v) is 16.5. The third-order valence-corrected chi connectivity index (χ3v) is 4.73. The van der Waals surface area contributed by atoms with E-state index >= 15 is 0 Å². The minimum atomic E-state index is -0.0809. The molecule has 146 valence electrons. The minimum Gasteiger partial charge on any atom is -0.350 e. The van der Waals surface area contributed by atoms with Gasteiger partial charge in [0, 0.05) is 29.6 Å². The minimum absolute atomic E-state index is 0.0809. The first-order valence-corrected chi connectivity index (χ1v) is 9.57. The first-order chi connectivity index (χ1) is 14.1. The molecule has 0 saturated carbocycles. The van der Waals surface area contributed by atoms with Crippen LogP contribution in [0.4, 0.5) is 0 Å². The fourth-order valence-electron chi connectivity index (χ4n) is 3.31. The highest BCUT2D eigenvalue weighted by Gasteiger charge is 2.14. The van der Waals surface area contributed by atoms with E-state index < -0.39 is 0 Å². The van der Waals surface area contributed by atoms with Gasteiger partial charge in [0.1, 0.15) is 6.54 Å². The van der Waals surface area contributed by atoms with Crippen LogP contribution >= 0.6 is 0 Å². The molecule has 29 heavy (non-hydrogen) atoms. The Hall–Kier alpha value is -3.67. The molecule has 2 aromatic carbocycles. The third-order valence-electron chi connectivity index (χ3n) is 4.73. The van der Waals surface area contributed by atoms with Gasteiger partial charge in [0.2, 0.25) is 5.91 Å². The maximum Gasteiger partial charge on any atom is 0.242 e. The molecule has 2 heterocycles. The van der Waals surface area contributed by atoms with E-state index in [0.717, 1.165) is 33.9 Å². The molecule has 4 rings (SSSR count). The summed E-state index contributed by atoms with van der Waals surface area (Å²) < 4.78 is 3.57. The van der Waals surface area contributed by atoms with Crippen molar-refractivity contribution in [2.45, 2.75) is 26.9 Å². The lowest BCUT2D eigenvalue weighted by Crippen LogP contribution is -2.28. The number of carbonyl (C=O) groups excluding carboxylic acids is 1. The van der Waals surface area contributed by atoms with Crippen molar-refractivity contribution >= 4 is 5.91 Å². The maximum atomic E-state index is 12.5.